The lowest BCUT2D eigenvalue weighted by molar-refractivity contribution is -0.525. The largest absolute Gasteiger partial charge is 0.507 e. The van der Waals surface area contributed by atoms with E-state index < -0.39 is 66.7 Å². The van der Waals surface area contributed by atoms with Crippen molar-refractivity contribution >= 4 is 54.9 Å². The van der Waals surface area contributed by atoms with E-state index in [0.717, 1.165) is 0 Å². The average molecular weight is 686 g/mol. The molecular weight excluding hydrogens is 652 g/mol. The van der Waals surface area contributed by atoms with Crippen molar-refractivity contribution in [2.75, 3.05) is 42.6 Å². The second kappa shape index (κ2) is 14.7. The summed E-state index contributed by atoms with van der Waals surface area (Å²) in [6.45, 7) is -0.0949. The molecule has 7 N–H and O–H groups in total. The fourth-order valence-corrected chi connectivity index (χ4v) is 5.82. The van der Waals surface area contributed by atoms with Crippen molar-refractivity contribution < 1.29 is 70.4 Å². The van der Waals surface area contributed by atoms with Crippen LogP contribution in [0.5, 0.6) is 5.75 Å². The van der Waals surface area contributed by atoms with Crippen LogP contribution >= 0.6 is 0 Å². The number of phenolic OH excluding ortho intramolecular Hbond substituents is 1. The summed E-state index contributed by atoms with van der Waals surface area (Å²) < 4.78 is 63.8. The SMILES string of the molecule is O=C(O)CCN(CCCS(=O)(=O)O)c1ccc(C2=C(O)/C(=C3\C=CC(=[N+](CCCS(=O)(=O)O)CCC(=O)O)C=C3O)C2=O)c(O)c1. The molecule has 0 bridgehead atoms. The minimum absolute atomic E-state index is 0.0141. The molecule has 1 aromatic carbocycles. The van der Waals surface area contributed by atoms with E-state index in [1.54, 1.807) is 0 Å². The zero-order valence-electron chi connectivity index (χ0n) is 24.2. The van der Waals surface area contributed by atoms with Crippen molar-refractivity contribution in [3.05, 3.63) is 64.7 Å². The molecule has 0 spiro atoms. The molecule has 0 unspecified atom stereocenters. The molecule has 0 heterocycles. The maximum atomic E-state index is 13.2. The summed E-state index contributed by atoms with van der Waals surface area (Å²) in [6.07, 6.45) is 3.20. The minimum atomic E-state index is -4.26. The van der Waals surface area contributed by atoms with E-state index in [4.69, 9.17) is 19.3 Å². The molecule has 0 amide bonds. The van der Waals surface area contributed by atoms with Crippen molar-refractivity contribution in [3.63, 3.8) is 0 Å². The van der Waals surface area contributed by atoms with Gasteiger partial charge in [-0.1, -0.05) is 0 Å². The lowest BCUT2D eigenvalue weighted by Crippen LogP contribution is -2.29. The molecular formula is C28H33N2O14S2+. The lowest BCUT2D eigenvalue weighted by atomic mass is 9.79. The van der Waals surface area contributed by atoms with Gasteiger partial charge in [0.05, 0.1) is 35.1 Å². The second-order valence-corrected chi connectivity index (χ2v) is 13.5. The van der Waals surface area contributed by atoms with Crippen molar-refractivity contribution in [1.82, 2.24) is 0 Å². The third kappa shape index (κ3) is 9.74. The standard InChI is InChI=1S/C28H32N2O14S2/c31-21-15-17(29(11-7-23(33)34)9-1-13-45(39,40)41)3-5-19(21)25-27(37)26(28(25)38)20-6-4-18(16-22(20)32)30(12-8-24(35)36)10-2-14-46(42,43)44/h3-6,15-16H,1-2,7-14H2,(H6,31,32,33,34,35,36,37,38,39,40,41,42,43,44)/p+1. The summed E-state index contributed by atoms with van der Waals surface area (Å²) in [6, 6.07) is 3.93. The monoisotopic (exact) mass is 685 g/mol. The number of ketones is 1. The fraction of sp³-hybridized carbons (Fsp3) is 0.357. The van der Waals surface area contributed by atoms with Crippen LogP contribution in [0.2, 0.25) is 0 Å². The van der Waals surface area contributed by atoms with Gasteiger partial charge in [-0.05, 0) is 24.6 Å². The number of aliphatic carboxylic acids is 2. The normalized spacial score (nSPS) is 17.9. The molecule has 250 valence electrons. The molecule has 0 saturated heterocycles. The second-order valence-electron chi connectivity index (χ2n) is 10.4. The van der Waals surface area contributed by atoms with Crippen molar-refractivity contribution in [3.8, 4) is 5.75 Å². The molecule has 0 fully saturated rings. The Labute approximate surface area is 263 Å². The van der Waals surface area contributed by atoms with Gasteiger partial charge >= 0.3 is 11.9 Å². The number of aliphatic hydroxyl groups is 2. The average Bonchev–Trinajstić information content (AvgIpc) is 2.93. The van der Waals surface area contributed by atoms with E-state index in [9.17, 15) is 46.5 Å². The summed E-state index contributed by atoms with van der Waals surface area (Å²) in [5, 5.41) is 50.4. The van der Waals surface area contributed by atoms with Crippen molar-refractivity contribution in [1.29, 1.82) is 0 Å². The first-order chi connectivity index (χ1) is 21.4. The summed E-state index contributed by atoms with van der Waals surface area (Å²) in [7, 11) is -8.51. The van der Waals surface area contributed by atoms with Gasteiger partial charge in [-0.25, -0.2) is 4.58 Å². The zero-order chi connectivity index (χ0) is 34.4. The number of phenols is 1. The van der Waals surface area contributed by atoms with E-state index in [2.05, 4.69) is 0 Å². The van der Waals surface area contributed by atoms with Gasteiger partial charge in [0.15, 0.2) is 6.54 Å². The van der Waals surface area contributed by atoms with E-state index in [1.807, 2.05) is 0 Å². The number of aromatic hydroxyl groups is 1. The van der Waals surface area contributed by atoms with Crippen LogP contribution in [0.25, 0.3) is 5.57 Å². The number of anilines is 1. The molecule has 3 rings (SSSR count). The van der Waals surface area contributed by atoms with E-state index in [-0.39, 0.29) is 85.5 Å². The molecule has 18 heteroatoms. The van der Waals surface area contributed by atoms with Gasteiger partial charge in [-0.15, -0.1) is 0 Å². The smallest absolute Gasteiger partial charge is 0.309 e. The number of aliphatic hydroxyl groups excluding tert-OH is 2. The molecule has 46 heavy (non-hydrogen) atoms. The Bertz CT molecular complexity index is 1800. The van der Waals surface area contributed by atoms with Crippen molar-refractivity contribution in [2.45, 2.75) is 25.7 Å². The van der Waals surface area contributed by atoms with Crippen LogP contribution in [0.3, 0.4) is 0 Å². The Morgan fingerprint density at radius 2 is 1.43 bits per heavy atom. The van der Waals surface area contributed by atoms with Crippen LogP contribution in [0.15, 0.2) is 59.1 Å². The highest BCUT2D eigenvalue weighted by molar-refractivity contribution is 7.86. The van der Waals surface area contributed by atoms with Crippen LogP contribution in [-0.2, 0) is 34.6 Å². The van der Waals surface area contributed by atoms with Crippen LogP contribution in [0.4, 0.5) is 5.69 Å². The quantitative estimate of drug-likeness (QED) is 0.0735. The van der Waals surface area contributed by atoms with Gasteiger partial charge in [0.25, 0.3) is 20.2 Å². The van der Waals surface area contributed by atoms with Gasteiger partial charge in [0.2, 0.25) is 11.5 Å². The number of Topliss-reactive ketones (excluding diaryl/α,β-unsaturated/α-hetero) is 1. The molecule has 2 aliphatic carbocycles. The third-order valence-electron chi connectivity index (χ3n) is 7.01. The number of allylic oxidation sites excluding steroid dienone is 5. The van der Waals surface area contributed by atoms with Crippen molar-refractivity contribution in [2.24, 2.45) is 0 Å². The number of hydrogen-bond donors (Lipinski definition) is 7. The van der Waals surface area contributed by atoms with Crippen LogP contribution in [0, 0.1) is 0 Å². The first-order valence-electron chi connectivity index (χ1n) is 13.7. The number of carbonyl (C=O) groups is 3. The topological polar surface area (TPSA) is 267 Å². The molecule has 0 saturated carbocycles. The zero-order valence-corrected chi connectivity index (χ0v) is 25.9. The summed E-state index contributed by atoms with van der Waals surface area (Å²) in [5.41, 5.74) is -0.0993. The first-order valence-corrected chi connectivity index (χ1v) is 17.0. The van der Waals surface area contributed by atoms with Gasteiger partial charge in [-0.3, -0.25) is 23.5 Å². The molecule has 16 nitrogen and oxygen atoms in total. The number of hydrogen-bond acceptors (Lipinski definition) is 11. The molecule has 0 aliphatic heterocycles. The number of carbonyl (C=O) groups excluding carboxylic acids is 1. The number of carboxylic acid groups (broad SMARTS) is 2. The highest BCUT2D eigenvalue weighted by atomic mass is 32.2. The first kappa shape index (κ1) is 36.0. The van der Waals surface area contributed by atoms with Gasteiger partial charge in [0.1, 0.15) is 30.2 Å². The Morgan fingerprint density at radius 3 is 1.98 bits per heavy atom. The number of benzene rings is 1. The number of carboxylic acids is 2. The molecule has 0 aromatic heterocycles. The van der Waals surface area contributed by atoms with E-state index in [1.165, 1.54) is 45.9 Å². The highest BCUT2D eigenvalue weighted by Crippen LogP contribution is 2.43. The van der Waals surface area contributed by atoms with Crippen LogP contribution in [-0.4, -0.2) is 117 Å². The Kier molecular flexibility index (Phi) is 11.5. The molecule has 0 atom stereocenters. The van der Waals surface area contributed by atoms with E-state index in [0.29, 0.717) is 0 Å². The summed E-state index contributed by atoms with van der Waals surface area (Å²) in [4.78, 5) is 36.8. The maximum absolute atomic E-state index is 13.2. The van der Waals surface area contributed by atoms with Crippen LogP contribution in [0.1, 0.15) is 31.2 Å². The van der Waals surface area contributed by atoms with Gasteiger partial charge in [0, 0.05) is 48.5 Å². The third-order valence-corrected chi connectivity index (χ3v) is 8.62. The van der Waals surface area contributed by atoms with Crippen LogP contribution < -0.4 is 4.90 Å². The lowest BCUT2D eigenvalue weighted by Gasteiger charge is -2.27. The van der Waals surface area contributed by atoms with E-state index >= 15 is 0 Å². The Morgan fingerprint density at radius 1 is 0.804 bits per heavy atom. The molecule has 0 radical (unpaired) electrons. The number of rotatable bonds is 16. The summed E-state index contributed by atoms with van der Waals surface area (Å²) in [5.74, 6) is -5.58. The molecule has 2 aliphatic rings. The fourth-order valence-electron chi connectivity index (χ4n) is 4.84. The van der Waals surface area contributed by atoms with Gasteiger partial charge in [-0.2, -0.15) is 16.8 Å². The summed E-state index contributed by atoms with van der Waals surface area (Å²) >= 11 is 0. The predicted molar refractivity (Wildman–Crippen MR) is 163 cm³/mol. The van der Waals surface area contributed by atoms with Gasteiger partial charge < -0.3 is 30.4 Å². The predicted octanol–water partition coefficient (Wildman–Crippen LogP) is 1.32. The Balaban J connectivity index is 1.90. The number of nitrogens with zero attached hydrogens (tertiary/aromatic N) is 2. The maximum Gasteiger partial charge on any atom is 0.309 e. The molecule has 1 aromatic rings. The highest BCUT2D eigenvalue weighted by Gasteiger charge is 2.39. The minimum Gasteiger partial charge on any atom is -0.507 e. The Hall–Kier alpha value is -4.52.